The molecule has 1 amide bonds. The zero-order chi connectivity index (χ0) is 16.7. The van der Waals surface area contributed by atoms with Crippen LogP contribution in [0.3, 0.4) is 0 Å². The molecule has 0 radical (unpaired) electrons. The molecule has 2 rings (SSSR count). The van der Waals surface area contributed by atoms with E-state index in [-0.39, 0.29) is 12.0 Å². The van der Waals surface area contributed by atoms with Gasteiger partial charge in [-0.05, 0) is 51.8 Å². The number of benzene rings is 1. The fourth-order valence-corrected chi connectivity index (χ4v) is 2.90. The van der Waals surface area contributed by atoms with E-state index in [1.54, 1.807) is 0 Å². The first kappa shape index (κ1) is 17.8. The maximum atomic E-state index is 12.5. The van der Waals surface area contributed by atoms with Crippen LogP contribution in [0.25, 0.3) is 0 Å². The molecule has 0 aromatic heterocycles. The van der Waals surface area contributed by atoms with Crippen LogP contribution >= 0.6 is 0 Å². The maximum absolute atomic E-state index is 12.5. The Balaban J connectivity index is 2.07. The molecule has 1 aromatic carbocycles. The smallest absolute Gasteiger partial charge is 0.251 e. The Kier molecular flexibility index (Phi) is 6.90. The zero-order valence-corrected chi connectivity index (χ0v) is 14.6. The lowest BCUT2D eigenvalue weighted by atomic mass is 9.95. The Labute approximate surface area is 139 Å². The molecule has 0 atom stereocenters. The first-order chi connectivity index (χ1) is 11.1. The standard InChI is InChI=1S/C19H29NO3/c1-4-22-18-11-10-15(12-16(18)13-23-14(2)3)19(21)20-17-8-6-5-7-9-17/h10-12,14,17H,4-9,13H2,1-3H3,(H,20,21). The summed E-state index contributed by atoms with van der Waals surface area (Å²) in [4.78, 5) is 12.5. The lowest BCUT2D eigenvalue weighted by molar-refractivity contribution is 0.0641. The van der Waals surface area contributed by atoms with E-state index >= 15 is 0 Å². The molecule has 0 saturated heterocycles. The minimum atomic E-state index is 0.00532. The molecule has 0 aliphatic heterocycles. The van der Waals surface area contributed by atoms with Crippen molar-refractivity contribution < 1.29 is 14.3 Å². The summed E-state index contributed by atoms with van der Waals surface area (Å²) in [5.41, 5.74) is 1.61. The summed E-state index contributed by atoms with van der Waals surface area (Å²) in [5.74, 6) is 0.799. The van der Waals surface area contributed by atoms with E-state index in [0.717, 1.165) is 24.2 Å². The summed E-state index contributed by atoms with van der Waals surface area (Å²) >= 11 is 0. The molecule has 1 N–H and O–H groups in total. The Morgan fingerprint density at radius 2 is 2.00 bits per heavy atom. The minimum Gasteiger partial charge on any atom is -0.494 e. The summed E-state index contributed by atoms with van der Waals surface area (Å²) in [7, 11) is 0. The molecule has 1 fully saturated rings. The highest BCUT2D eigenvalue weighted by Crippen LogP contribution is 2.23. The second kappa shape index (κ2) is 8.92. The zero-order valence-electron chi connectivity index (χ0n) is 14.6. The topological polar surface area (TPSA) is 47.6 Å². The molecule has 128 valence electrons. The van der Waals surface area contributed by atoms with Crippen LogP contribution in [0, 0.1) is 0 Å². The Hall–Kier alpha value is -1.55. The van der Waals surface area contributed by atoms with E-state index in [1.165, 1.54) is 19.3 Å². The molecular formula is C19H29NO3. The van der Waals surface area contributed by atoms with Gasteiger partial charge in [-0.15, -0.1) is 0 Å². The summed E-state index contributed by atoms with van der Waals surface area (Å²) in [6, 6.07) is 5.92. The fourth-order valence-electron chi connectivity index (χ4n) is 2.90. The quantitative estimate of drug-likeness (QED) is 0.824. The molecule has 1 saturated carbocycles. The first-order valence-corrected chi connectivity index (χ1v) is 8.78. The lowest BCUT2D eigenvalue weighted by Crippen LogP contribution is -2.36. The van der Waals surface area contributed by atoms with Gasteiger partial charge in [-0.2, -0.15) is 0 Å². The number of nitrogens with one attached hydrogen (secondary N) is 1. The van der Waals surface area contributed by atoms with E-state index in [0.29, 0.717) is 24.8 Å². The molecule has 0 heterocycles. The molecule has 1 aliphatic carbocycles. The van der Waals surface area contributed by atoms with Crippen molar-refractivity contribution in [1.29, 1.82) is 0 Å². The average molecular weight is 319 g/mol. The molecule has 1 aliphatic rings. The molecule has 0 unspecified atom stereocenters. The van der Waals surface area contributed by atoms with Gasteiger partial charge in [-0.1, -0.05) is 19.3 Å². The van der Waals surface area contributed by atoms with Crippen LogP contribution in [0.4, 0.5) is 0 Å². The number of hydrogen-bond donors (Lipinski definition) is 1. The molecule has 0 bridgehead atoms. The second-order valence-corrected chi connectivity index (χ2v) is 6.42. The monoisotopic (exact) mass is 319 g/mol. The van der Waals surface area contributed by atoms with Crippen LogP contribution in [0.5, 0.6) is 5.75 Å². The molecule has 0 spiro atoms. The average Bonchev–Trinajstić information content (AvgIpc) is 2.55. The molecular weight excluding hydrogens is 290 g/mol. The van der Waals surface area contributed by atoms with Crippen LogP contribution in [-0.4, -0.2) is 24.7 Å². The van der Waals surface area contributed by atoms with Crippen LogP contribution in [0.15, 0.2) is 18.2 Å². The van der Waals surface area contributed by atoms with Gasteiger partial charge in [-0.25, -0.2) is 0 Å². The highest BCUT2D eigenvalue weighted by Gasteiger charge is 2.17. The van der Waals surface area contributed by atoms with Crippen LogP contribution < -0.4 is 10.1 Å². The second-order valence-electron chi connectivity index (χ2n) is 6.42. The predicted molar refractivity (Wildman–Crippen MR) is 91.9 cm³/mol. The summed E-state index contributed by atoms with van der Waals surface area (Å²) in [5, 5.41) is 3.16. The van der Waals surface area contributed by atoms with Crippen LogP contribution in [0.2, 0.25) is 0 Å². The summed E-state index contributed by atoms with van der Waals surface area (Å²) in [6.07, 6.45) is 6.03. The Morgan fingerprint density at radius 3 is 2.65 bits per heavy atom. The van der Waals surface area contributed by atoms with Crippen molar-refractivity contribution in [1.82, 2.24) is 5.32 Å². The predicted octanol–water partition coefficient (Wildman–Crippen LogP) is 4.07. The highest BCUT2D eigenvalue weighted by molar-refractivity contribution is 5.94. The fraction of sp³-hybridized carbons (Fsp3) is 0.632. The van der Waals surface area contributed by atoms with E-state index in [2.05, 4.69) is 5.32 Å². The number of rotatable bonds is 7. The SMILES string of the molecule is CCOc1ccc(C(=O)NC2CCCCC2)cc1COC(C)C. The van der Waals surface area contributed by atoms with Crippen molar-refractivity contribution in [3.63, 3.8) is 0 Å². The van der Waals surface area contributed by atoms with Gasteiger partial charge in [0.2, 0.25) is 0 Å². The largest absolute Gasteiger partial charge is 0.494 e. The van der Waals surface area contributed by atoms with E-state index in [9.17, 15) is 4.79 Å². The minimum absolute atomic E-state index is 0.00532. The molecule has 23 heavy (non-hydrogen) atoms. The van der Waals surface area contributed by atoms with Gasteiger partial charge < -0.3 is 14.8 Å². The van der Waals surface area contributed by atoms with Crippen molar-refractivity contribution in [3.8, 4) is 5.75 Å². The molecule has 4 heteroatoms. The maximum Gasteiger partial charge on any atom is 0.251 e. The van der Waals surface area contributed by atoms with E-state index < -0.39 is 0 Å². The van der Waals surface area contributed by atoms with Gasteiger partial charge in [-0.3, -0.25) is 4.79 Å². The Bertz CT molecular complexity index is 507. The van der Waals surface area contributed by atoms with Crippen molar-refractivity contribution in [2.75, 3.05) is 6.61 Å². The molecule has 1 aromatic rings. The van der Waals surface area contributed by atoms with E-state index in [4.69, 9.17) is 9.47 Å². The summed E-state index contributed by atoms with van der Waals surface area (Å²) < 4.78 is 11.3. The van der Waals surface area contributed by atoms with Crippen molar-refractivity contribution in [3.05, 3.63) is 29.3 Å². The van der Waals surface area contributed by atoms with Crippen molar-refractivity contribution >= 4 is 5.91 Å². The number of hydrogen-bond acceptors (Lipinski definition) is 3. The van der Waals surface area contributed by atoms with E-state index in [1.807, 2.05) is 39.0 Å². The Morgan fingerprint density at radius 1 is 1.26 bits per heavy atom. The normalized spacial score (nSPS) is 15.7. The summed E-state index contributed by atoms with van der Waals surface area (Å²) in [6.45, 7) is 7.01. The van der Waals surface area contributed by atoms with Gasteiger partial charge in [0.1, 0.15) is 5.75 Å². The lowest BCUT2D eigenvalue weighted by Gasteiger charge is -2.23. The third kappa shape index (κ3) is 5.54. The van der Waals surface area contributed by atoms with Crippen molar-refractivity contribution in [2.24, 2.45) is 0 Å². The van der Waals surface area contributed by atoms with Gasteiger partial charge in [0.05, 0.1) is 19.3 Å². The third-order valence-electron chi connectivity index (χ3n) is 4.14. The van der Waals surface area contributed by atoms with Gasteiger partial charge in [0.25, 0.3) is 5.91 Å². The first-order valence-electron chi connectivity index (χ1n) is 8.78. The number of carbonyl (C=O) groups is 1. The van der Waals surface area contributed by atoms with Crippen LogP contribution in [0.1, 0.15) is 68.8 Å². The van der Waals surface area contributed by atoms with Crippen molar-refractivity contribution in [2.45, 2.75) is 71.6 Å². The molecule has 4 nitrogen and oxygen atoms in total. The van der Waals surface area contributed by atoms with Gasteiger partial charge in [0.15, 0.2) is 0 Å². The number of ether oxygens (including phenoxy) is 2. The van der Waals surface area contributed by atoms with Crippen LogP contribution in [-0.2, 0) is 11.3 Å². The third-order valence-corrected chi connectivity index (χ3v) is 4.14. The number of amides is 1. The van der Waals surface area contributed by atoms with Gasteiger partial charge in [0, 0.05) is 17.2 Å². The highest BCUT2D eigenvalue weighted by atomic mass is 16.5. The van der Waals surface area contributed by atoms with Gasteiger partial charge >= 0.3 is 0 Å². The number of carbonyl (C=O) groups excluding carboxylic acids is 1.